The number of nitrogens with zero attached hydrogens (tertiary/aromatic N) is 1. The van der Waals surface area contributed by atoms with Gasteiger partial charge in [0.1, 0.15) is 17.2 Å². The zero-order valence-corrected chi connectivity index (χ0v) is 15.5. The van der Waals surface area contributed by atoms with Gasteiger partial charge in [-0.2, -0.15) is 0 Å². The van der Waals surface area contributed by atoms with E-state index in [1.165, 1.54) is 18.8 Å². The molecule has 0 aliphatic rings. The minimum atomic E-state index is 0.725. The van der Waals surface area contributed by atoms with Gasteiger partial charge in [-0.05, 0) is 72.8 Å². The molecule has 140 valence electrons. The van der Waals surface area contributed by atoms with Crippen molar-refractivity contribution >= 4 is 17.1 Å². The first-order valence-corrected chi connectivity index (χ1v) is 8.68. The van der Waals surface area contributed by atoms with E-state index in [1.54, 1.807) is 0 Å². The Morgan fingerprint density at radius 3 is 0.929 bits per heavy atom. The highest BCUT2D eigenvalue weighted by Crippen LogP contribution is 2.36. The lowest BCUT2D eigenvalue weighted by Gasteiger charge is -2.26. The standard InChI is InChI=1S/C24H21NO3/c1-4-26-22-13-7-19(8-14-22)25(20-9-15-23(16-10-20)27-5-2)21-11-17-24(18-12-21)28-6-3/h4-18H,1-3H2. The van der Waals surface area contributed by atoms with Crippen molar-refractivity contribution in [3.63, 3.8) is 0 Å². The van der Waals surface area contributed by atoms with Gasteiger partial charge in [0.05, 0.1) is 18.8 Å². The average molecular weight is 371 g/mol. The maximum Gasteiger partial charge on any atom is 0.126 e. The summed E-state index contributed by atoms with van der Waals surface area (Å²) in [7, 11) is 0. The van der Waals surface area contributed by atoms with E-state index in [4.69, 9.17) is 14.2 Å². The molecule has 0 saturated carbocycles. The molecule has 3 aromatic carbocycles. The molecule has 4 heteroatoms. The van der Waals surface area contributed by atoms with Crippen LogP contribution >= 0.6 is 0 Å². The lowest BCUT2D eigenvalue weighted by Crippen LogP contribution is -2.09. The smallest absolute Gasteiger partial charge is 0.126 e. The van der Waals surface area contributed by atoms with Crippen LogP contribution in [0.15, 0.2) is 111 Å². The molecule has 0 aliphatic carbocycles. The molecule has 0 bridgehead atoms. The SMILES string of the molecule is C=COc1ccc(N(c2ccc(OC=C)cc2)c2ccc(OC=C)cc2)cc1. The van der Waals surface area contributed by atoms with Crippen molar-refractivity contribution in [2.75, 3.05) is 4.90 Å². The van der Waals surface area contributed by atoms with Crippen LogP contribution in [0.5, 0.6) is 17.2 Å². The van der Waals surface area contributed by atoms with Crippen LogP contribution in [0.2, 0.25) is 0 Å². The predicted octanol–water partition coefficient (Wildman–Crippen LogP) is 6.72. The number of hydrogen-bond donors (Lipinski definition) is 0. The van der Waals surface area contributed by atoms with Gasteiger partial charge >= 0.3 is 0 Å². The van der Waals surface area contributed by atoms with E-state index < -0.39 is 0 Å². The first-order chi connectivity index (χ1) is 13.7. The van der Waals surface area contributed by atoms with Crippen LogP contribution in [-0.4, -0.2) is 0 Å². The molecule has 0 fully saturated rings. The quantitative estimate of drug-likeness (QED) is 0.391. The summed E-state index contributed by atoms with van der Waals surface area (Å²) in [4.78, 5) is 2.12. The van der Waals surface area contributed by atoms with E-state index in [2.05, 4.69) is 24.6 Å². The van der Waals surface area contributed by atoms with E-state index in [0.717, 1.165) is 34.3 Å². The second-order valence-electron chi connectivity index (χ2n) is 5.67. The highest BCUT2D eigenvalue weighted by molar-refractivity contribution is 5.77. The number of anilines is 3. The molecule has 0 amide bonds. The molecular weight excluding hydrogens is 350 g/mol. The highest BCUT2D eigenvalue weighted by Gasteiger charge is 2.13. The fraction of sp³-hybridized carbons (Fsp3) is 0. The van der Waals surface area contributed by atoms with Crippen molar-refractivity contribution in [2.45, 2.75) is 0 Å². The fourth-order valence-corrected chi connectivity index (χ4v) is 2.76. The summed E-state index contributed by atoms with van der Waals surface area (Å²) in [6.07, 6.45) is 4.22. The highest BCUT2D eigenvalue weighted by atomic mass is 16.5. The van der Waals surface area contributed by atoms with Gasteiger partial charge in [-0.3, -0.25) is 0 Å². The zero-order chi connectivity index (χ0) is 19.8. The van der Waals surface area contributed by atoms with Crippen LogP contribution in [0.3, 0.4) is 0 Å². The summed E-state index contributed by atoms with van der Waals surface area (Å²) in [5, 5.41) is 0. The Balaban J connectivity index is 2.00. The van der Waals surface area contributed by atoms with Crippen molar-refractivity contribution < 1.29 is 14.2 Å². The van der Waals surface area contributed by atoms with Gasteiger partial charge in [0.15, 0.2) is 0 Å². The molecule has 28 heavy (non-hydrogen) atoms. The van der Waals surface area contributed by atoms with E-state index in [1.807, 2.05) is 72.8 Å². The molecule has 0 N–H and O–H groups in total. The number of hydrogen-bond acceptors (Lipinski definition) is 4. The average Bonchev–Trinajstić information content (AvgIpc) is 2.73. The first kappa shape index (κ1) is 18.9. The Hall–Kier alpha value is -3.92. The van der Waals surface area contributed by atoms with Crippen molar-refractivity contribution in [2.24, 2.45) is 0 Å². The van der Waals surface area contributed by atoms with E-state index in [0.29, 0.717) is 0 Å². The maximum absolute atomic E-state index is 5.33. The Labute approximate surface area is 165 Å². The van der Waals surface area contributed by atoms with Gasteiger partial charge in [0, 0.05) is 17.1 Å². The molecule has 3 aromatic rings. The third kappa shape index (κ3) is 4.43. The molecule has 0 heterocycles. The van der Waals surface area contributed by atoms with Crippen molar-refractivity contribution in [1.82, 2.24) is 0 Å². The largest absolute Gasteiger partial charge is 0.466 e. The maximum atomic E-state index is 5.33. The normalized spacial score (nSPS) is 9.86. The summed E-state index contributed by atoms with van der Waals surface area (Å²) in [5.41, 5.74) is 2.93. The van der Waals surface area contributed by atoms with Crippen LogP contribution in [0.25, 0.3) is 0 Å². The molecule has 0 saturated heterocycles. The lowest BCUT2D eigenvalue weighted by atomic mass is 10.2. The Morgan fingerprint density at radius 2 is 0.714 bits per heavy atom. The van der Waals surface area contributed by atoms with Crippen molar-refractivity contribution in [3.8, 4) is 17.2 Å². The molecule has 0 unspecified atom stereocenters. The number of ether oxygens (including phenoxy) is 3. The van der Waals surface area contributed by atoms with Crippen LogP contribution in [0.4, 0.5) is 17.1 Å². The van der Waals surface area contributed by atoms with Crippen LogP contribution in [0.1, 0.15) is 0 Å². The first-order valence-electron chi connectivity index (χ1n) is 8.68. The zero-order valence-electron chi connectivity index (χ0n) is 15.5. The summed E-state index contributed by atoms with van der Waals surface area (Å²) < 4.78 is 16.0. The van der Waals surface area contributed by atoms with Crippen molar-refractivity contribution in [3.05, 3.63) is 111 Å². The predicted molar refractivity (Wildman–Crippen MR) is 114 cm³/mol. The number of rotatable bonds is 9. The summed E-state index contributed by atoms with van der Waals surface area (Å²) in [6, 6.07) is 23.3. The summed E-state index contributed by atoms with van der Waals surface area (Å²) >= 11 is 0. The molecule has 0 radical (unpaired) electrons. The number of benzene rings is 3. The Kier molecular flexibility index (Phi) is 6.16. The fourth-order valence-electron chi connectivity index (χ4n) is 2.76. The van der Waals surface area contributed by atoms with E-state index in [9.17, 15) is 0 Å². The minimum absolute atomic E-state index is 0.725. The summed E-state index contributed by atoms with van der Waals surface area (Å²) in [5.74, 6) is 2.18. The lowest BCUT2D eigenvalue weighted by molar-refractivity contribution is 0.483. The Morgan fingerprint density at radius 1 is 0.464 bits per heavy atom. The minimum Gasteiger partial charge on any atom is -0.466 e. The second kappa shape index (κ2) is 9.14. The van der Waals surface area contributed by atoms with Crippen molar-refractivity contribution in [1.29, 1.82) is 0 Å². The molecule has 3 rings (SSSR count). The van der Waals surface area contributed by atoms with E-state index >= 15 is 0 Å². The van der Waals surface area contributed by atoms with Gasteiger partial charge in [-0.25, -0.2) is 0 Å². The third-order valence-electron chi connectivity index (χ3n) is 3.94. The molecular formula is C24H21NO3. The van der Waals surface area contributed by atoms with Crippen LogP contribution in [-0.2, 0) is 0 Å². The van der Waals surface area contributed by atoms with Crippen LogP contribution < -0.4 is 19.1 Å². The third-order valence-corrected chi connectivity index (χ3v) is 3.94. The molecule has 0 spiro atoms. The molecule has 0 atom stereocenters. The Bertz CT molecular complexity index is 802. The molecule has 4 nitrogen and oxygen atoms in total. The van der Waals surface area contributed by atoms with Crippen LogP contribution in [0, 0.1) is 0 Å². The van der Waals surface area contributed by atoms with E-state index in [-0.39, 0.29) is 0 Å². The van der Waals surface area contributed by atoms with Gasteiger partial charge in [-0.1, -0.05) is 19.7 Å². The van der Waals surface area contributed by atoms with Gasteiger partial charge in [0.2, 0.25) is 0 Å². The topological polar surface area (TPSA) is 30.9 Å². The van der Waals surface area contributed by atoms with Gasteiger partial charge in [0.25, 0.3) is 0 Å². The second-order valence-corrected chi connectivity index (χ2v) is 5.67. The van der Waals surface area contributed by atoms with Gasteiger partial charge in [-0.15, -0.1) is 0 Å². The summed E-state index contributed by atoms with van der Waals surface area (Å²) in [6.45, 7) is 10.8. The monoisotopic (exact) mass is 371 g/mol. The molecule has 0 aliphatic heterocycles. The van der Waals surface area contributed by atoms with Gasteiger partial charge < -0.3 is 19.1 Å². The molecule has 0 aromatic heterocycles.